The van der Waals surface area contributed by atoms with Gasteiger partial charge in [-0.25, -0.2) is 4.79 Å². The van der Waals surface area contributed by atoms with Crippen LogP contribution in [0, 0.1) is 0 Å². The van der Waals surface area contributed by atoms with Gasteiger partial charge in [-0.3, -0.25) is 0 Å². The number of carbonyl (C=O) groups is 1. The summed E-state index contributed by atoms with van der Waals surface area (Å²) in [5.41, 5.74) is 0. The second-order valence-electron chi connectivity index (χ2n) is 3.21. The van der Waals surface area contributed by atoms with Crippen molar-refractivity contribution >= 4 is 17.8 Å². The molecule has 4 heteroatoms. The smallest absolute Gasteiger partial charge is 0.319 e. The summed E-state index contributed by atoms with van der Waals surface area (Å²) >= 11 is 1.76. The number of rotatable bonds is 4. The van der Waals surface area contributed by atoms with E-state index >= 15 is 0 Å². The highest BCUT2D eigenvalue weighted by atomic mass is 32.2. The molecule has 0 aliphatic heterocycles. The zero-order valence-electron chi connectivity index (χ0n) is 9.20. The van der Waals surface area contributed by atoms with Gasteiger partial charge in [-0.05, 0) is 20.1 Å². The van der Waals surface area contributed by atoms with E-state index in [9.17, 15) is 4.79 Å². The van der Waals surface area contributed by atoms with Crippen LogP contribution in [0.1, 0.15) is 13.8 Å². The van der Waals surface area contributed by atoms with Crippen LogP contribution >= 0.6 is 11.8 Å². The van der Waals surface area contributed by atoms with Crippen LogP contribution in [0.5, 0.6) is 0 Å². The third-order valence-corrected chi connectivity index (χ3v) is 2.99. The van der Waals surface area contributed by atoms with Crippen LogP contribution in [-0.4, -0.2) is 54.5 Å². The monoisotopic (exact) mass is 204 g/mol. The van der Waals surface area contributed by atoms with Crippen LogP contribution in [0.15, 0.2) is 0 Å². The number of hydrogen-bond acceptors (Lipinski definition) is 2. The molecule has 0 N–H and O–H groups in total. The van der Waals surface area contributed by atoms with Crippen LogP contribution in [-0.2, 0) is 0 Å². The van der Waals surface area contributed by atoms with Crippen molar-refractivity contribution in [1.82, 2.24) is 9.80 Å². The molecule has 0 aliphatic rings. The van der Waals surface area contributed by atoms with Gasteiger partial charge in [0.1, 0.15) is 0 Å². The normalized spacial score (nSPS) is 12.4. The van der Waals surface area contributed by atoms with Crippen molar-refractivity contribution < 1.29 is 4.79 Å². The quantitative estimate of drug-likeness (QED) is 0.696. The highest BCUT2D eigenvalue weighted by molar-refractivity contribution is 7.98. The number of hydrogen-bond donors (Lipinski definition) is 0. The summed E-state index contributed by atoms with van der Waals surface area (Å²) in [4.78, 5) is 15.1. The maximum Gasteiger partial charge on any atom is 0.319 e. The minimum Gasteiger partial charge on any atom is -0.328 e. The van der Waals surface area contributed by atoms with Gasteiger partial charge in [0.15, 0.2) is 0 Å². The molecule has 78 valence electrons. The fourth-order valence-corrected chi connectivity index (χ4v) is 1.65. The number of amides is 2. The second kappa shape index (κ2) is 6.13. The molecule has 0 aromatic carbocycles. The SMILES string of the molecule is CCN(C)C(=O)N(C)C(C)CSC. The lowest BCUT2D eigenvalue weighted by Crippen LogP contribution is -2.44. The standard InChI is InChI=1S/C9H20N2OS/c1-6-10(3)9(12)11(4)8(2)7-13-5/h8H,6-7H2,1-5H3. The van der Waals surface area contributed by atoms with Gasteiger partial charge in [0.05, 0.1) is 0 Å². The van der Waals surface area contributed by atoms with Crippen LogP contribution in [0.4, 0.5) is 4.79 Å². The zero-order chi connectivity index (χ0) is 10.4. The number of thioether (sulfide) groups is 1. The third kappa shape index (κ3) is 3.89. The summed E-state index contributed by atoms with van der Waals surface area (Å²) in [6.45, 7) is 4.80. The molecule has 0 aliphatic carbocycles. The van der Waals surface area contributed by atoms with Crippen molar-refractivity contribution in [3.63, 3.8) is 0 Å². The molecule has 0 aromatic heterocycles. The molecule has 0 bridgehead atoms. The fourth-order valence-electron chi connectivity index (χ4n) is 0.946. The Balaban J connectivity index is 4.08. The first kappa shape index (κ1) is 12.6. The van der Waals surface area contributed by atoms with E-state index in [-0.39, 0.29) is 6.03 Å². The van der Waals surface area contributed by atoms with Gasteiger partial charge in [-0.15, -0.1) is 0 Å². The molecule has 1 unspecified atom stereocenters. The van der Waals surface area contributed by atoms with Crippen LogP contribution < -0.4 is 0 Å². The Bertz CT molecular complexity index is 164. The maximum atomic E-state index is 11.6. The number of nitrogens with zero attached hydrogens (tertiary/aromatic N) is 2. The van der Waals surface area contributed by atoms with E-state index in [4.69, 9.17) is 0 Å². The van der Waals surface area contributed by atoms with Gasteiger partial charge in [-0.2, -0.15) is 11.8 Å². The minimum atomic E-state index is 0.101. The Morgan fingerprint density at radius 2 is 2.00 bits per heavy atom. The lowest BCUT2D eigenvalue weighted by molar-refractivity contribution is 0.165. The summed E-state index contributed by atoms with van der Waals surface area (Å²) < 4.78 is 0. The van der Waals surface area contributed by atoms with Crippen molar-refractivity contribution in [3.8, 4) is 0 Å². The Morgan fingerprint density at radius 3 is 2.38 bits per heavy atom. The van der Waals surface area contributed by atoms with Gasteiger partial charge >= 0.3 is 6.03 Å². The molecule has 1 atom stereocenters. The minimum absolute atomic E-state index is 0.101. The molecule has 2 amide bonds. The predicted molar refractivity (Wildman–Crippen MR) is 59.3 cm³/mol. The molecule has 0 heterocycles. The highest BCUT2D eigenvalue weighted by Crippen LogP contribution is 2.05. The maximum absolute atomic E-state index is 11.6. The van der Waals surface area contributed by atoms with Gasteiger partial charge in [0, 0.05) is 32.4 Å². The first-order chi connectivity index (χ1) is 6.04. The molecule has 3 nitrogen and oxygen atoms in total. The van der Waals surface area contributed by atoms with E-state index in [0.29, 0.717) is 6.04 Å². The molecule has 0 radical (unpaired) electrons. The lowest BCUT2D eigenvalue weighted by Gasteiger charge is -2.28. The van der Waals surface area contributed by atoms with Gasteiger partial charge < -0.3 is 9.80 Å². The lowest BCUT2D eigenvalue weighted by atomic mass is 10.3. The molecule has 0 spiro atoms. The largest absolute Gasteiger partial charge is 0.328 e. The molecular weight excluding hydrogens is 184 g/mol. The first-order valence-electron chi connectivity index (χ1n) is 4.51. The van der Waals surface area contributed by atoms with E-state index in [0.717, 1.165) is 12.3 Å². The summed E-state index contributed by atoms with van der Waals surface area (Å²) in [5.74, 6) is 0.986. The van der Waals surface area contributed by atoms with E-state index in [2.05, 4.69) is 13.2 Å². The summed E-state index contributed by atoms with van der Waals surface area (Å²) in [6, 6.07) is 0.403. The predicted octanol–water partition coefficient (Wildman–Crippen LogP) is 1.74. The summed E-state index contributed by atoms with van der Waals surface area (Å²) in [5, 5.41) is 0. The van der Waals surface area contributed by atoms with Crippen LogP contribution in [0.3, 0.4) is 0 Å². The molecule has 0 aromatic rings. The fraction of sp³-hybridized carbons (Fsp3) is 0.889. The Kier molecular flexibility index (Phi) is 5.95. The van der Waals surface area contributed by atoms with E-state index < -0.39 is 0 Å². The van der Waals surface area contributed by atoms with E-state index in [1.807, 2.05) is 21.0 Å². The third-order valence-electron chi connectivity index (χ3n) is 2.17. The van der Waals surface area contributed by atoms with Crippen molar-refractivity contribution in [2.75, 3.05) is 32.6 Å². The molecule has 13 heavy (non-hydrogen) atoms. The van der Waals surface area contributed by atoms with Crippen molar-refractivity contribution in [3.05, 3.63) is 0 Å². The Hall–Kier alpha value is -0.380. The van der Waals surface area contributed by atoms with Crippen LogP contribution in [0.25, 0.3) is 0 Å². The molecule has 0 saturated heterocycles. The highest BCUT2D eigenvalue weighted by Gasteiger charge is 2.17. The Labute approximate surface area is 85.5 Å². The van der Waals surface area contributed by atoms with E-state index in [1.165, 1.54) is 0 Å². The molecular formula is C9H20N2OS. The molecule has 0 saturated carbocycles. The van der Waals surface area contributed by atoms with E-state index in [1.54, 1.807) is 21.6 Å². The van der Waals surface area contributed by atoms with Gasteiger partial charge in [0.2, 0.25) is 0 Å². The summed E-state index contributed by atoms with van der Waals surface area (Å²) in [6.07, 6.45) is 2.05. The Morgan fingerprint density at radius 1 is 1.46 bits per heavy atom. The second-order valence-corrected chi connectivity index (χ2v) is 4.12. The van der Waals surface area contributed by atoms with Crippen LogP contribution in [0.2, 0.25) is 0 Å². The van der Waals surface area contributed by atoms with Gasteiger partial charge in [-0.1, -0.05) is 0 Å². The van der Waals surface area contributed by atoms with Crippen molar-refractivity contribution in [2.45, 2.75) is 19.9 Å². The van der Waals surface area contributed by atoms with Crippen molar-refractivity contribution in [2.24, 2.45) is 0 Å². The average molecular weight is 204 g/mol. The zero-order valence-corrected chi connectivity index (χ0v) is 10.0. The number of urea groups is 1. The number of carbonyl (C=O) groups excluding carboxylic acids is 1. The van der Waals surface area contributed by atoms with Gasteiger partial charge in [0.25, 0.3) is 0 Å². The summed E-state index contributed by atoms with van der Waals surface area (Å²) in [7, 11) is 3.68. The molecule has 0 fully saturated rings. The first-order valence-corrected chi connectivity index (χ1v) is 5.90. The topological polar surface area (TPSA) is 23.6 Å². The average Bonchev–Trinajstić information content (AvgIpc) is 2.14. The molecule has 0 rings (SSSR count). The van der Waals surface area contributed by atoms with Crippen molar-refractivity contribution in [1.29, 1.82) is 0 Å².